The molecule has 0 amide bonds. The second-order valence-electron chi connectivity index (χ2n) is 5.03. The molecule has 2 heteroatoms. The predicted octanol–water partition coefficient (Wildman–Crippen LogP) is 2.00. The van der Waals surface area contributed by atoms with E-state index in [1.165, 1.54) is 32.2 Å². The minimum atomic E-state index is 0.699. The molecule has 0 bridgehead atoms. The molecule has 0 aromatic rings. The zero-order valence-electron chi connectivity index (χ0n) is 9.79. The SMILES string of the molecule is CCC1CCC(C)N1C1CCNC1C. The summed E-state index contributed by atoms with van der Waals surface area (Å²) in [5.41, 5.74) is 0. The minimum Gasteiger partial charge on any atom is -0.313 e. The molecule has 0 aliphatic carbocycles. The average Bonchev–Trinajstić information content (AvgIpc) is 2.72. The van der Waals surface area contributed by atoms with Crippen LogP contribution in [0.3, 0.4) is 0 Å². The van der Waals surface area contributed by atoms with Gasteiger partial charge in [0, 0.05) is 24.2 Å². The second kappa shape index (κ2) is 4.19. The third-order valence-corrected chi connectivity index (χ3v) is 4.19. The first-order chi connectivity index (χ1) is 6.74. The van der Waals surface area contributed by atoms with Crippen molar-refractivity contribution in [2.24, 2.45) is 0 Å². The predicted molar refractivity (Wildman–Crippen MR) is 60.5 cm³/mol. The van der Waals surface area contributed by atoms with E-state index >= 15 is 0 Å². The summed E-state index contributed by atoms with van der Waals surface area (Å²) in [7, 11) is 0. The highest BCUT2D eigenvalue weighted by molar-refractivity contribution is 4.96. The standard InChI is InChI=1S/C12H24N2/c1-4-11-6-5-9(2)14(11)12-7-8-13-10(12)3/h9-13H,4-8H2,1-3H3. The first kappa shape index (κ1) is 10.4. The molecule has 1 N–H and O–H groups in total. The summed E-state index contributed by atoms with van der Waals surface area (Å²) in [4.78, 5) is 2.80. The van der Waals surface area contributed by atoms with Crippen molar-refractivity contribution >= 4 is 0 Å². The highest BCUT2D eigenvalue weighted by atomic mass is 15.3. The Morgan fingerprint density at radius 1 is 1.21 bits per heavy atom. The van der Waals surface area contributed by atoms with Gasteiger partial charge in [0.15, 0.2) is 0 Å². The van der Waals surface area contributed by atoms with Crippen LogP contribution in [-0.4, -0.2) is 35.6 Å². The highest BCUT2D eigenvalue weighted by Gasteiger charge is 2.38. The molecule has 0 aromatic carbocycles. The van der Waals surface area contributed by atoms with Gasteiger partial charge in [0.25, 0.3) is 0 Å². The maximum absolute atomic E-state index is 3.57. The molecule has 14 heavy (non-hydrogen) atoms. The molecule has 0 spiro atoms. The molecule has 2 nitrogen and oxygen atoms in total. The summed E-state index contributed by atoms with van der Waals surface area (Å²) in [6, 6.07) is 3.17. The average molecular weight is 196 g/mol. The van der Waals surface area contributed by atoms with E-state index in [2.05, 4.69) is 31.0 Å². The van der Waals surface area contributed by atoms with Crippen LogP contribution in [-0.2, 0) is 0 Å². The maximum atomic E-state index is 3.57. The van der Waals surface area contributed by atoms with E-state index < -0.39 is 0 Å². The van der Waals surface area contributed by atoms with Crippen molar-refractivity contribution in [2.75, 3.05) is 6.54 Å². The summed E-state index contributed by atoms with van der Waals surface area (Å²) in [6.07, 6.45) is 5.50. The van der Waals surface area contributed by atoms with Crippen LogP contribution in [0.25, 0.3) is 0 Å². The Labute approximate surface area is 88.1 Å². The van der Waals surface area contributed by atoms with E-state index in [4.69, 9.17) is 0 Å². The molecule has 4 unspecified atom stereocenters. The summed E-state index contributed by atoms with van der Waals surface area (Å²) >= 11 is 0. The van der Waals surface area contributed by atoms with Gasteiger partial charge in [0.2, 0.25) is 0 Å². The monoisotopic (exact) mass is 196 g/mol. The maximum Gasteiger partial charge on any atom is 0.0264 e. The van der Waals surface area contributed by atoms with Gasteiger partial charge in [-0.25, -0.2) is 0 Å². The van der Waals surface area contributed by atoms with Crippen molar-refractivity contribution in [2.45, 2.75) is 70.6 Å². The Bertz CT molecular complexity index is 193. The number of nitrogens with zero attached hydrogens (tertiary/aromatic N) is 1. The Kier molecular flexibility index (Phi) is 3.13. The van der Waals surface area contributed by atoms with Gasteiger partial charge < -0.3 is 5.32 Å². The molecule has 2 fully saturated rings. The quantitative estimate of drug-likeness (QED) is 0.726. The van der Waals surface area contributed by atoms with Crippen molar-refractivity contribution in [1.29, 1.82) is 0 Å². The summed E-state index contributed by atoms with van der Waals surface area (Å²) in [6.45, 7) is 8.30. The molecule has 2 heterocycles. The number of hydrogen-bond donors (Lipinski definition) is 1. The van der Waals surface area contributed by atoms with E-state index in [1.807, 2.05) is 0 Å². The van der Waals surface area contributed by atoms with E-state index in [-0.39, 0.29) is 0 Å². The van der Waals surface area contributed by atoms with Gasteiger partial charge in [0.05, 0.1) is 0 Å². The highest BCUT2D eigenvalue weighted by Crippen LogP contribution is 2.31. The molecule has 2 aliphatic heterocycles. The van der Waals surface area contributed by atoms with Crippen molar-refractivity contribution < 1.29 is 0 Å². The van der Waals surface area contributed by atoms with Gasteiger partial charge in [-0.15, -0.1) is 0 Å². The van der Waals surface area contributed by atoms with Crippen LogP contribution in [0.1, 0.15) is 46.5 Å². The molecule has 0 radical (unpaired) electrons. The fourth-order valence-electron chi connectivity index (χ4n) is 3.36. The fraction of sp³-hybridized carbons (Fsp3) is 1.00. The zero-order valence-corrected chi connectivity index (χ0v) is 9.79. The number of rotatable bonds is 2. The Morgan fingerprint density at radius 3 is 2.57 bits per heavy atom. The minimum absolute atomic E-state index is 0.699. The van der Waals surface area contributed by atoms with Crippen LogP contribution in [0.2, 0.25) is 0 Å². The van der Waals surface area contributed by atoms with Crippen LogP contribution in [0.5, 0.6) is 0 Å². The summed E-state index contributed by atoms with van der Waals surface area (Å²) in [5, 5.41) is 3.57. The number of nitrogens with one attached hydrogen (secondary N) is 1. The first-order valence-corrected chi connectivity index (χ1v) is 6.24. The van der Waals surface area contributed by atoms with Crippen LogP contribution in [0.4, 0.5) is 0 Å². The van der Waals surface area contributed by atoms with Crippen LogP contribution in [0.15, 0.2) is 0 Å². The van der Waals surface area contributed by atoms with E-state index in [0.717, 1.165) is 18.1 Å². The second-order valence-corrected chi connectivity index (χ2v) is 5.03. The van der Waals surface area contributed by atoms with Gasteiger partial charge in [-0.2, -0.15) is 0 Å². The first-order valence-electron chi connectivity index (χ1n) is 6.24. The topological polar surface area (TPSA) is 15.3 Å². The van der Waals surface area contributed by atoms with E-state index in [0.29, 0.717) is 6.04 Å². The normalized spacial score (nSPS) is 44.8. The van der Waals surface area contributed by atoms with Gasteiger partial charge in [0.1, 0.15) is 0 Å². The fourth-order valence-corrected chi connectivity index (χ4v) is 3.36. The lowest BCUT2D eigenvalue weighted by Gasteiger charge is -2.35. The van der Waals surface area contributed by atoms with Gasteiger partial charge in [-0.3, -0.25) is 4.90 Å². The Balaban J connectivity index is 2.06. The molecule has 4 atom stereocenters. The lowest BCUT2D eigenvalue weighted by Crippen LogP contribution is -2.47. The number of likely N-dealkylation sites (tertiary alicyclic amines) is 1. The summed E-state index contributed by atoms with van der Waals surface area (Å²) < 4.78 is 0. The van der Waals surface area contributed by atoms with Crippen LogP contribution < -0.4 is 5.32 Å². The molecular formula is C12H24N2. The van der Waals surface area contributed by atoms with Gasteiger partial charge >= 0.3 is 0 Å². The van der Waals surface area contributed by atoms with Crippen molar-refractivity contribution in [3.05, 3.63) is 0 Å². The van der Waals surface area contributed by atoms with Crippen molar-refractivity contribution in [3.63, 3.8) is 0 Å². The Hall–Kier alpha value is -0.0800. The van der Waals surface area contributed by atoms with Crippen LogP contribution >= 0.6 is 0 Å². The lowest BCUT2D eigenvalue weighted by atomic mass is 10.1. The van der Waals surface area contributed by atoms with Gasteiger partial charge in [-0.05, 0) is 46.1 Å². The number of hydrogen-bond acceptors (Lipinski definition) is 2. The van der Waals surface area contributed by atoms with Crippen LogP contribution in [0, 0.1) is 0 Å². The van der Waals surface area contributed by atoms with Crippen molar-refractivity contribution in [1.82, 2.24) is 10.2 Å². The molecular weight excluding hydrogens is 172 g/mol. The third-order valence-electron chi connectivity index (χ3n) is 4.19. The molecule has 2 rings (SSSR count). The largest absolute Gasteiger partial charge is 0.313 e. The third kappa shape index (κ3) is 1.70. The summed E-state index contributed by atoms with van der Waals surface area (Å²) in [5.74, 6) is 0. The lowest BCUT2D eigenvalue weighted by molar-refractivity contribution is 0.125. The smallest absolute Gasteiger partial charge is 0.0264 e. The van der Waals surface area contributed by atoms with E-state index in [1.54, 1.807) is 0 Å². The van der Waals surface area contributed by atoms with Crippen molar-refractivity contribution in [3.8, 4) is 0 Å². The molecule has 0 saturated carbocycles. The molecule has 82 valence electrons. The van der Waals surface area contributed by atoms with Gasteiger partial charge in [-0.1, -0.05) is 6.92 Å². The zero-order chi connectivity index (χ0) is 10.1. The Morgan fingerprint density at radius 2 is 2.00 bits per heavy atom. The molecule has 2 saturated heterocycles. The molecule has 0 aromatic heterocycles. The van der Waals surface area contributed by atoms with E-state index in [9.17, 15) is 0 Å². The molecule has 2 aliphatic rings.